The molecule has 0 aliphatic heterocycles. The molecule has 0 fully saturated rings. The van der Waals surface area contributed by atoms with Gasteiger partial charge in [-0.2, -0.15) is 0 Å². The zero-order valence-electron chi connectivity index (χ0n) is 11.0. The number of furan rings is 1. The number of pyridine rings is 1. The first-order valence-corrected chi connectivity index (χ1v) is 6.26. The van der Waals surface area contributed by atoms with Gasteiger partial charge in [0, 0.05) is 38.2 Å². The Balaban J connectivity index is 1.86. The Kier molecular flexibility index (Phi) is 5.34. The number of nitrogens with zero attached hydrogens (tertiary/aromatic N) is 1. The average Bonchev–Trinajstić information content (AvgIpc) is 2.92. The first-order chi connectivity index (χ1) is 9.40. The van der Waals surface area contributed by atoms with Gasteiger partial charge in [-0.3, -0.25) is 4.98 Å². The van der Waals surface area contributed by atoms with Crippen LogP contribution < -0.4 is 5.32 Å². The molecule has 0 saturated carbocycles. The first-order valence-electron chi connectivity index (χ1n) is 6.26. The molecule has 19 heavy (non-hydrogen) atoms. The van der Waals surface area contributed by atoms with Gasteiger partial charge in [0.1, 0.15) is 11.5 Å². The fraction of sp³-hybridized carbons (Fsp3) is 0.267. The predicted molar refractivity (Wildman–Crippen MR) is 75.7 cm³/mol. The molecule has 0 atom stereocenters. The lowest BCUT2D eigenvalue weighted by molar-refractivity contribution is 0.200. The molecule has 2 rings (SSSR count). The summed E-state index contributed by atoms with van der Waals surface area (Å²) in [5, 5.41) is 3.23. The standard InChI is InChI=1S/C15H18N2O2/c1-18-11-10-16-8-3-5-14-6-7-15(19-14)13-4-2-9-17-12-13/h2-7,9,12,16H,8,10-11H2,1H3. The van der Waals surface area contributed by atoms with E-state index in [4.69, 9.17) is 9.15 Å². The number of hydrogen-bond acceptors (Lipinski definition) is 4. The third kappa shape index (κ3) is 4.35. The smallest absolute Gasteiger partial charge is 0.136 e. The van der Waals surface area contributed by atoms with E-state index in [0.29, 0.717) is 0 Å². The second kappa shape index (κ2) is 7.51. The van der Waals surface area contributed by atoms with E-state index in [-0.39, 0.29) is 0 Å². The minimum atomic E-state index is 0.722. The fourth-order valence-electron chi connectivity index (χ4n) is 1.64. The molecular weight excluding hydrogens is 240 g/mol. The molecule has 0 aromatic carbocycles. The first kappa shape index (κ1) is 13.5. The van der Waals surface area contributed by atoms with Crippen molar-refractivity contribution in [2.24, 2.45) is 0 Å². The summed E-state index contributed by atoms with van der Waals surface area (Å²) < 4.78 is 10.7. The van der Waals surface area contributed by atoms with E-state index < -0.39 is 0 Å². The highest BCUT2D eigenvalue weighted by molar-refractivity contribution is 5.58. The van der Waals surface area contributed by atoms with Gasteiger partial charge in [-0.25, -0.2) is 0 Å². The van der Waals surface area contributed by atoms with Crippen LogP contribution in [0.5, 0.6) is 0 Å². The van der Waals surface area contributed by atoms with Gasteiger partial charge in [-0.1, -0.05) is 6.08 Å². The lowest BCUT2D eigenvalue weighted by Crippen LogP contribution is -2.18. The molecule has 4 heteroatoms. The summed E-state index contributed by atoms with van der Waals surface area (Å²) in [7, 11) is 1.69. The van der Waals surface area contributed by atoms with Gasteiger partial charge >= 0.3 is 0 Å². The van der Waals surface area contributed by atoms with Crippen LogP contribution in [-0.2, 0) is 4.74 Å². The summed E-state index contributed by atoms with van der Waals surface area (Å²) in [6, 6.07) is 7.78. The second-order valence-corrected chi connectivity index (χ2v) is 4.04. The molecule has 0 aliphatic carbocycles. The number of ether oxygens (including phenoxy) is 1. The van der Waals surface area contributed by atoms with E-state index in [0.717, 1.165) is 36.8 Å². The van der Waals surface area contributed by atoms with Crippen molar-refractivity contribution in [1.82, 2.24) is 10.3 Å². The van der Waals surface area contributed by atoms with Crippen LogP contribution in [0.15, 0.2) is 47.2 Å². The molecule has 2 aromatic heterocycles. The molecule has 0 unspecified atom stereocenters. The number of rotatable bonds is 7. The summed E-state index contributed by atoms with van der Waals surface area (Å²) >= 11 is 0. The predicted octanol–water partition coefficient (Wildman–Crippen LogP) is 2.59. The summed E-state index contributed by atoms with van der Waals surface area (Å²) in [5.41, 5.74) is 0.986. The summed E-state index contributed by atoms with van der Waals surface area (Å²) in [4.78, 5) is 4.07. The van der Waals surface area contributed by atoms with Crippen LogP contribution in [0, 0.1) is 0 Å². The summed E-state index contributed by atoms with van der Waals surface area (Å²) in [6.07, 6.45) is 7.53. The normalized spacial score (nSPS) is 11.2. The van der Waals surface area contributed by atoms with Crippen molar-refractivity contribution in [2.45, 2.75) is 0 Å². The van der Waals surface area contributed by atoms with Crippen LogP contribution >= 0.6 is 0 Å². The molecule has 0 bridgehead atoms. The van der Waals surface area contributed by atoms with Gasteiger partial charge in [-0.05, 0) is 30.3 Å². The number of nitrogens with one attached hydrogen (secondary N) is 1. The molecule has 2 heterocycles. The van der Waals surface area contributed by atoms with Gasteiger partial charge in [-0.15, -0.1) is 0 Å². The molecule has 0 amide bonds. The Morgan fingerprint density at radius 1 is 1.37 bits per heavy atom. The minimum Gasteiger partial charge on any atom is -0.457 e. The van der Waals surface area contributed by atoms with Crippen LogP contribution in [0.3, 0.4) is 0 Å². The van der Waals surface area contributed by atoms with Crippen LogP contribution in [0.4, 0.5) is 0 Å². The third-order valence-corrected chi connectivity index (χ3v) is 2.60. The molecular formula is C15H18N2O2. The molecule has 0 spiro atoms. The maximum absolute atomic E-state index is 5.72. The fourth-order valence-corrected chi connectivity index (χ4v) is 1.64. The van der Waals surface area contributed by atoms with E-state index in [2.05, 4.69) is 10.3 Å². The SMILES string of the molecule is COCCNCC=Cc1ccc(-c2cccnc2)o1. The Hall–Kier alpha value is -1.91. The van der Waals surface area contributed by atoms with Gasteiger partial charge in [0.25, 0.3) is 0 Å². The summed E-state index contributed by atoms with van der Waals surface area (Å²) in [5.74, 6) is 1.67. The maximum Gasteiger partial charge on any atom is 0.136 e. The molecule has 1 N–H and O–H groups in total. The number of methoxy groups -OCH3 is 1. The van der Waals surface area contributed by atoms with Gasteiger partial charge in [0.2, 0.25) is 0 Å². The number of aromatic nitrogens is 1. The van der Waals surface area contributed by atoms with Crippen molar-refractivity contribution in [3.05, 3.63) is 48.5 Å². The Morgan fingerprint density at radius 2 is 2.32 bits per heavy atom. The van der Waals surface area contributed by atoms with Gasteiger partial charge < -0.3 is 14.5 Å². The zero-order valence-corrected chi connectivity index (χ0v) is 11.0. The monoisotopic (exact) mass is 258 g/mol. The van der Waals surface area contributed by atoms with Crippen LogP contribution in [0.25, 0.3) is 17.4 Å². The van der Waals surface area contributed by atoms with Gasteiger partial charge in [0.05, 0.1) is 6.61 Å². The van der Waals surface area contributed by atoms with E-state index in [1.54, 1.807) is 19.5 Å². The minimum absolute atomic E-state index is 0.722. The Labute approximate surface area is 113 Å². The summed E-state index contributed by atoms with van der Waals surface area (Å²) in [6.45, 7) is 2.37. The lowest BCUT2D eigenvalue weighted by Gasteiger charge is -1.98. The number of hydrogen-bond donors (Lipinski definition) is 1. The van der Waals surface area contributed by atoms with E-state index in [9.17, 15) is 0 Å². The lowest BCUT2D eigenvalue weighted by atomic mass is 10.2. The van der Waals surface area contributed by atoms with E-state index in [1.165, 1.54) is 0 Å². The highest BCUT2D eigenvalue weighted by Gasteiger charge is 2.01. The van der Waals surface area contributed by atoms with Crippen LogP contribution in [-0.4, -0.2) is 31.8 Å². The van der Waals surface area contributed by atoms with Crippen molar-refractivity contribution in [3.63, 3.8) is 0 Å². The van der Waals surface area contributed by atoms with E-state index in [1.807, 2.05) is 36.4 Å². The van der Waals surface area contributed by atoms with Crippen molar-refractivity contribution >= 4 is 6.08 Å². The zero-order chi connectivity index (χ0) is 13.3. The van der Waals surface area contributed by atoms with Crippen LogP contribution in [0.1, 0.15) is 5.76 Å². The Morgan fingerprint density at radius 3 is 3.11 bits per heavy atom. The van der Waals surface area contributed by atoms with Crippen LogP contribution in [0.2, 0.25) is 0 Å². The quantitative estimate of drug-likeness (QED) is 0.775. The topological polar surface area (TPSA) is 47.3 Å². The molecule has 0 aliphatic rings. The highest BCUT2D eigenvalue weighted by Crippen LogP contribution is 2.21. The molecule has 2 aromatic rings. The highest BCUT2D eigenvalue weighted by atomic mass is 16.5. The van der Waals surface area contributed by atoms with Crippen molar-refractivity contribution in [3.8, 4) is 11.3 Å². The van der Waals surface area contributed by atoms with Crippen molar-refractivity contribution < 1.29 is 9.15 Å². The third-order valence-electron chi connectivity index (χ3n) is 2.60. The second-order valence-electron chi connectivity index (χ2n) is 4.04. The molecule has 0 saturated heterocycles. The van der Waals surface area contributed by atoms with Crippen molar-refractivity contribution in [1.29, 1.82) is 0 Å². The Bertz CT molecular complexity index is 506. The largest absolute Gasteiger partial charge is 0.457 e. The van der Waals surface area contributed by atoms with Crippen molar-refractivity contribution in [2.75, 3.05) is 26.8 Å². The van der Waals surface area contributed by atoms with Gasteiger partial charge in [0.15, 0.2) is 0 Å². The average molecular weight is 258 g/mol. The molecule has 4 nitrogen and oxygen atoms in total. The maximum atomic E-state index is 5.72. The molecule has 100 valence electrons. The van der Waals surface area contributed by atoms with E-state index >= 15 is 0 Å². The molecule has 0 radical (unpaired) electrons.